The molecule has 0 atom stereocenters. The molecule has 124 valence electrons. The van der Waals surface area contributed by atoms with E-state index in [4.69, 9.17) is 14.2 Å². The Morgan fingerprint density at radius 1 is 1.17 bits per heavy atom. The van der Waals surface area contributed by atoms with Gasteiger partial charge >= 0.3 is 0 Å². The number of non-ortho nitro benzene ring substituents is 1. The van der Waals surface area contributed by atoms with Crippen LogP contribution in [0.2, 0.25) is 0 Å². The molecule has 0 bridgehead atoms. The molecule has 2 aromatic carbocycles. The van der Waals surface area contributed by atoms with Gasteiger partial charge in [0.25, 0.3) is 11.6 Å². The molecule has 0 saturated carbocycles. The zero-order valence-corrected chi connectivity index (χ0v) is 12.8. The molecule has 1 aliphatic rings. The molecule has 1 N–H and O–H groups in total. The van der Waals surface area contributed by atoms with E-state index in [1.807, 2.05) is 0 Å². The third-order valence-electron chi connectivity index (χ3n) is 3.45. The molecule has 3 rings (SSSR count). The first kappa shape index (κ1) is 15.6. The molecular formula is C16H14N2O6. The van der Waals surface area contributed by atoms with Crippen molar-refractivity contribution in [3.05, 3.63) is 52.1 Å². The number of fused-ring (bicyclic) bond motifs is 1. The predicted octanol–water partition coefficient (Wildman–Crippen LogP) is 2.63. The summed E-state index contributed by atoms with van der Waals surface area (Å²) in [4.78, 5) is 22.8. The largest absolute Gasteiger partial charge is 0.495 e. The molecule has 8 nitrogen and oxygen atoms in total. The zero-order chi connectivity index (χ0) is 17.1. The van der Waals surface area contributed by atoms with Crippen molar-refractivity contribution < 1.29 is 23.9 Å². The number of hydrogen-bond acceptors (Lipinski definition) is 6. The van der Waals surface area contributed by atoms with Crippen LogP contribution in [0.1, 0.15) is 10.4 Å². The Hall–Kier alpha value is -3.29. The number of nitrogens with zero attached hydrogens (tertiary/aromatic N) is 1. The summed E-state index contributed by atoms with van der Waals surface area (Å²) in [5.41, 5.74) is 0.410. The molecule has 0 radical (unpaired) electrons. The predicted molar refractivity (Wildman–Crippen MR) is 85.0 cm³/mol. The Morgan fingerprint density at radius 2 is 1.92 bits per heavy atom. The number of ether oxygens (including phenoxy) is 3. The minimum Gasteiger partial charge on any atom is -0.495 e. The molecule has 0 aromatic heterocycles. The van der Waals surface area contributed by atoms with Crippen molar-refractivity contribution in [3.63, 3.8) is 0 Å². The molecule has 8 heteroatoms. The smallest absolute Gasteiger partial charge is 0.271 e. The maximum Gasteiger partial charge on any atom is 0.271 e. The minimum absolute atomic E-state index is 0.145. The molecule has 1 aliphatic heterocycles. The lowest BCUT2D eigenvalue weighted by Gasteiger charge is -2.18. The van der Waals surface area contributed by atoms with Gasteiger partial charge in [0.1, 0.15) is 19.0 Å². The van der Waals surface area contributed by atoms with Crippen molar-refractivity contribution in [2.75, 3.05) is 25.6 Å². The van der Waals surface area contributed by atoms with Crippen molar-refractivity contribution in [2.24, 2.45) is 0 Å². The van der Waals surface area contributed by atoms with Crippen LogP contribution in [0, 0.1) is 10.1 Å². The number of rotatable bonds is 4. The van der Waals surface area contributed by atoms with Crippen molar-refractivity contribution in [3.8, 4) is 17.2 Å². The Morgan fingerprint density at radius 3 is 2.62 bits per heavy atom. The number of nitro groups is 1. The number of amides is 1. The summed E-state index contributed by atoms with van der Waals surface area (Å²) in [6.45, 7) is 0.875. The van der Waals surface area contributed by atoms with Gasteiger partial charge in [-0.2, -0.15) is 0 Å². The van der Waals surface area contributed by atoms with Gasteiger partial charge in [-0.1, -0.05) is 0 Å². The Kier molecular flexibility index (Phi) is 4.19. The highest BCUT2D eigenvalue weighted by molar-refractivity contribution is 6.05. The summed E-state index contributed by atoms with van der Waals surface area (Å²) in [6.07, 6.45) is 0. The third kappa shape index (κ3) is 3.07. The lowest BCUT2D eigenvalue weighted by Crippen LogP contribution is -2.17. The second-order valence-corrected chi connectivity index (χ2v) is 4.95. The molecule has 0 aliphatic carbocycles. The Bertz CT molecular complexity index is 805. The molecule has 1 heterocycles. The van der Waals surface area contributed by atoms with Gasteiger partial charge in [-0.25, -0.2) is 0 Å². The summed E-state index contributed by atoms with van der Waals surface area (Å²) in [6, 6.07) is 8.78. The highest BCUT2D eigenvalue weighted by Crippen LogP contribution is 2.32. The van der Waals surface area contributed by atoms with Gasteiger partial charge in [0, 0.05) is 17.7 Å². The highest BCUT2D eigenvalue weighted by atomic mass is 16.6. The van der Waals surface area contributed by atoms with Crippen molar-refractivity contribution >= 4 is 17.3 Å². The summed E-state index contributed by atoms with van der Waals surface area (Å²) in [7, 11) is 1.42. The number of methoxy groups -OCH3 is 1. The van der Waals surface area contributed by atoms with E-state index in [0.29, 0.717) is 36.0 Å². The fourth-order valence-corrected chi connectivity index (χ4v) is 2.29. The van der Waals surface area contributed by atoms with Crippen LogP contribution in [0.5, 0.6) is 17.2 Å². The number of nitrogens with one attached hydrogen (secondary N) is 1. The monoisotopic (exact) mass is 330 g/mol. The van der Waals surface area contributed by atoms with Gasteiger partial charge < -0.3 is 19.5 Å². The van der Waals surface area contributed by atoms with Crippen LogP contribution in [0.4, 0.5) is 11.4 Å². The molecule has 0 spiro atoms. The fraction of sp³-hybridized carbons (Fsp3) is 0.188. The van der Waals surface area contributed by atoms with Crippen LogP contribution in [0.3, 0.4) is 0 Å². The molecule has 1 amide bonds. The van der Waals surface area contributed by atoms with Crippen molar-refractivity contribution in [2.45, 2.75) is 0 Å². The van der Waals surface area contributed by atoms with E-state index in [9.17, 15) is 14.9 Å². The van der Waals surface area contributed by atoms with Gasteiger partial charge in [-0.3, -0.25) is 14.9 Å². The van der Waals surface area contributed by atoms with Crippen LogP contribution < -0.4 is 19.5 Å². The Labute approximate surface area is 137 Å². The van der Waals surface area contributed by atoms with Gasteiger partial charge in [-0.05, 0) is 24.3 Å². The van der Waals surface area contributed by atoms with Crippen LogP contribution in [-0.4, -0.2) is 31.2 Å². The standard InChI is InChI=1S/C16H14N2O6/c1-22-13-5-3-11(18(20)21)9-12(13)17-16(19)10-2-4-14-15(8-10)24-7-6-23-14/h2-5,8-9H,6-7H2,1H3,(H,17,19). The van der Waals surface area contributed by atoms with E-state index in [-0.39, 0.29) is 11.4 Å². The normalized spacial score (nSPS) is 12.4. The van der Waals surface area contributed by atoms with Crippen molar-refractivity contribution in [1.82, 2.24) is 0 Å². The first-order valence-corrected chi connectivity index (χ1v) is 7.12. The zero-order valence-electron chi connectivity index (χ0n) is 12.8. The average Bonchev–Trinajstić information content (AvgIpc) is 2.61. The van der Waals surface area contributed by atoms with Gasteiger partial charge in [0.05, 0.1) is 17.7 Å². The number of carbonyl (C=O) groups is 1. The van der Waals surface area contributed by atoms with Crippen LogP contribution in [0.25, 0.3) is 0 Å². The van der Waals surface area contributed by atoms with Gasteiger partial charge in [-0.15, -0.1) is 0 Å². The van der Waals surface area contributed by atoms with Gasteiger partial charge in [0.15, 0.2) is 11.5 Å². The second kappa shape index (κ2) is 6.45. The highest BCUT2D eigenvalue weighted by Gasteiger charge is 2.17. The fourth-order valence-electron chi connectivity index (χ4n) is 2.29. The number of nitro benzene ring substituents is 1. The average molecular weight is 330 g/mol. The SMILES string of the molecule is COc1ccc([N+](=O)[O-])cc1NC(=O)c1ccc2c(c1)OCCO2. The van der Waals surface area contributed by atoms with E-state index in [0.717, 1.165) is 0 Å². The summed E-state index contributed by atoms with van der Waals surface area (Å²) >= 11 is 0. The number of anilines is 1. The second-order valence-electron chi connectivity index (χ2n) is 4.95. The maximum absolute atomic E-state index is 12.4. The molecule has 0 fully saturated rings. The van der Waals surface area contributed by atoms with E-state index in [1.54, 1.807) is 18.2 Å². The molecule has 0 unspecified atom stereocenters. The lowest BCUT2D eigenvalue weighted by atomic mass is 10.1. The van der Waals surface area contributed by atoms with Crippen LogP contribution >= 0.6 is 0 Å². The lowest BCUT2D eigenvalue weighted by molar-refractivity contribution is -0.384. The Balaban J connectivity index is 1.86. The van der Waals surface area contributed by atoms with E-state index < -0.39 is 10.8 Å². The van der Waals surface area contributed by atoms with Crippen LogP contribution in [0.15, 0.2) is 36.4 Å². The topological polar surface area (TPSA) is 99.9 Å². The van der Waals surface area contributed by atoms with E-state index in [2.05, 4.69) is 5.32 Å². The molecule has 24 heavy (non-hydrogen) atoms. The summed E-state index contributed by atoms with van der Waals surface area (Å²) in [5, 5.41) is 13.5. The summed E-state index contributed by atoms with van der Waals surface area (Å²) in [5.74, 6) is 0.947. The van der Waals surface area contributed by atoms with Crippen LogP contribution in [-0.2, 0) is 0 Å². The molecule has 0 saturated heterocycles. The number of hydrogen-bond donors (Lipinski definition) is 1. The first-order chi connectivity index (χ1) is 11.6. The quantitative estimate of drug-likeness (QED) is 0.683. The minimum atomic E-state index is -0.542. The summed E-state index contributed by atoms with van der Waals surface area (Å²) < 4.78 is 16.0. The van der Waals surface area contributed by atoms with Crippen molar-refractivity contribution in [1.29, 1.82) is 0 Å². The molecule has 2 aromatic rings. The number of benzene rings is 2. The van der Waals surface area contributed by atoms with E-state index in [1.165, 1.54) is 25.3 Å². The number of carbonyl (C=O) groups excluding carboxylic acids is 1. The first-order valence-electron chi connectivity index (χ1n) is 7.12. The molecular weight excluding hydrogens is 316 g/mol. The van der Waals surface area contributed by atoms with E-state index >= 15 is 0 Å². The van der Waals surface area contributed by atoms with Gasteiger partial charge in [0.2, 0.25) is 0 Å². The third-order valence-corrected chi connectivity index (χ3v) is 3.45. The maximum atomic E-state index is 12.4.